The van der Waals surface area contributed by atoms with Gasteiger partial charge in [0.25, 0.3) is 0 Å². The second kappa shape index (κ2) is 9.16. The van der Waals surface area contributed by atoms with E-state index in [1.165, 1.54) is 52.1 Å². The standard InChI is InChI=1S/C19H33NO4/c1-22-18(21)15-9-11-17(12-10-15)24-19(20-13-5-6-14-20)23-16-7-3-2-4-8-16/h15-17,19H,2-14H2,1H3/t15-,17-,19?. The smallest absolute Gasteiger partial charge is 0.308 e. The third-order valence-electron chi connectivity index (χ3n) is 5.82. The monoisotopic (exact) mass is 339 g/mol. The Balaban J connectivity index is 1.51. The lowest BCUT2D eigenvalue weighted by Gasteiger charge is -2.36. The first-order chi connectivity index (χ1) is 11.8. The van der Waals surface area contributed by atoms with Crippen LogP contribution >= 0.6 is 0 Å². The van der Waals surface area contributed by atoms with Gasteiger partial charge in [-0.2, -0.15) is 0 Å². The van der Waals surface area contributed by atoms with Crippen molar-refractivity contribution < 1.29 is 19.0 Å². The molecule has 0 spiro atoms. The molecule has 3 fully saturated rings. The average molecular weight is 339 g/mol. The Morgan fingerprint density at radius 1 is 0.833 bits per heavy atom. The fourth-order valence-electron chi connectivity index (χ4n) is 4.29. The molecule has 1 aliphatic heterocycles. The molecule has 1 heterocycles. The van der Waals surface area contributed by atoms with Crippen molar-refractivity contribution in [2.75, 3.05) is 20.2 Å². The molecular weight excluding hydrogens is 306 g/mol. The van der Waals surface area contributed by atoms with E-state index in [0.717, 1.165) is 38.8 Å². The van der Waals surface area contributed by atoms with Crippen molar-refractivity contribution >= 4 is 5.97 Å². The third-order valence-corrected chi connectivity index (χ3v) is 5.82. The molecule has 3 rings (SSSR count). The van der Waals surface area contributed by atoms with Gasteiger partial charge in [-0.3, -0.25) is 9.69 Å². The van der Waals surface area contributed by atoms with Gasteiger partial charge >= 0.3 is 5.97 Å². The number of hydrogen-bond donors (Lipinski definition) is 0. The lowest BCUT2D eigenvalue weighted by atomic mass is 9.87. The molecule has 0 radical (unpaired) electrons. The van der Waals surface area contributed by atoms with Crippen LogP contribution < -0.4 is 0 Å². The molecular formula is C19H33NO4. The summed E-state index contributed by atoms with van der Waals surface area (Å²) in [5.41, 5.74) is 0. The van der Waals surface area contributed by atoms with Crippen LogP contribution in [0.4, 0.5) is 0 Å². The Labute approximate surface area is 146 Å². The molecule has 1 unspecified atom stereocenters. The molecule has 1 saturated heterocycles. The largest absolute Gasteiger partial charge is 0.469 e. The lowest BCUT2D eigenvalue weighted by Crippen LogP contribution is -2.43. The Hall–Kier alpha value is -0.650. The first-order valence-corrected chi connectivity index (χ1v) is 9.89. The molecule has 0 N–H and O–H groups in total. The summed E-state index contributed by atoms with van der Waals surface area (Å²) in [5.74, 6) is -0.0117. The van der Waals surface area contributed by atoms with Gasteiger partial charge in [0.15, 0.2) is 0 Å². The first-order valence-electron chi connectivity index (χ1n) is 9.89. The maximum Gasteiger partial charge on any atom is 0.308 e. The number of carbonyl (C=O) groups is 1. The summed E-state index contributed by atoms with van der Waals surface area (Å²) >= 11 is 0. The predicted molar refractivity (Wildman–Crippen MR) is 91.4 cm³/mol. The minimum Gasteiger partial charge on any atom is -0.469 e. The van der Waals surface area contributed by atoms with Gasteiger partial charge in [0.05, 0.1) is 25.2 Å². The van der Waals surface area contributed by atoms with E-state index in [1.807, 2.05) is 0 Å². The highest BCUT2D eigenvalue weighted by molar-refractivity contribution is 5.72. The van der Waals surface area contributed by atoms with Crippen molar-refractivity contribution in [2.24, 2.45) is 5.92 Å². The minimum atomic E-state index is -0.185. The lowest BCUT2D eigenvalue weighted by molar-refractivity contribution is -0.266. The van der Waals surface area contributed by atoms with E-state index < -0.39 is 0 Å². The number of esters is 1. The second-order valence-corrected chi connectivity index (χ2v) is 7.58. The maximum atomic E-state index is 11.7. The van der Waals surface area contributed by atoms with Gasteiger partial charge < -0.3 is 14.2 Å². The highest BCUT2D eigenvalue weighted by Gasteiger charge is 2.33. The van der Waals surface area contributed by atoms with Gasteiger partial charge in [0.1, 0.15) is 0 Å². The molecule has 2 saturated carbocycles. The van der Waals surface area contributed by atoms with Crippen molar-refractivity contribution in [1.29, 1.82) is 0 Å². The fraction of sp³-hybridized carbons (Fsp3) is 0.947. The van der Waals surface area contributed by atoms with Crippen molar-refractivity contribution in [3.8, 4) is 0 Å². The van der Waals surface area contributed by atoms with Gasteiger partial charge in [-0.25, -0.2) is 0 Å². The first kappa shape index (κ1) is 18.2. The molecule has 5 nitrogen and oxygen atoms in total. The molecule has 3 aliphatic rings. The van der Waals surface area contributed by atoms with E-state index in [9.17, 15) is 4.79 Å². The Morgan fingerprint density at radius 3 is 2.00 bits per heavy atom. The van der Waals surface area contributed by atoms with Crippen LogP contribution in [0, 0.1) is 5.92 Å². The van der Waals surface area contributed by atoms with Crippen LogP contribution in [-0.2, 0) is 19.0 Å². The van der Waals surface area contributed by atoms with E-state index in [2.05, 4.69) is 4.90 Å². The number of rotatable bonds is 6. The van der Waals surface area contributed by atoms with Crippen molar-refractivity contribution in [3.63, 3.8) is 0 Å². The molecule has 2 aliphatic carbocycles. The Morgan fingerprint density at radius 2 is 1.42 bits per heavy atom. The summed E-state index contributed by atoms with van der Waals surface area (Å²) in [6.07, 6.45) is 12.7. The highest BCUT2D eigenvalue weighted by Crippen LogP contribution is 2.30. The summed E-state index contributed by atoms with van der Waals surface area (Å²) in [7, 11) is 1.48. The average Bonchev–Trinajstić information content (AvgIpc) is 3.17. The number of nitrogens with zero attached hydrogens (tertiary/aromatic N) is 1. The zero-order valence-electron chi connectivity index (χ0n) is 15.1. The normalized spacial score (nSPS) is 31.0. The van der Waals surface area contributed by atoms with E-state index >= 15 is 0 Å². The van der Waals surface area contributed by atoms with Crippen LogP contribution in [0.1, 0.15) is 70.6 Å². The molecule has 138 valence electrons. The topological polar surface area (TPSA) is 48.0 Å². The molecule has 5 heteroatoms. The number of carbonyl (C=O) groups excluding carboxylic acids is 1. The molecule has 1 atom stereocenters. The SMILES string of the molecule is COC(=O)[C@H]1CC[C@H](OC(OC2CCCCC2)N2CCCC2)CC1. The zero-order valence-corrected chi connectivity index (χ0v) is 15.1. The summed E-state index contributed by atoms with van der Waals surface area (Å²) in [5, 5.41) is 0. The summed E-state index contributed by atoms with van der Waals surface area (Å²) in [6.45, 7) is 2.16. The van der Waals surface area contributed by atoms with E-state index in [1.54, 1.807) is 0 Å². The van der Waals surface area contributed by atoms with Crippen LogP contribution in [0.2, 0.25) is 0 Å². The van der Waals surface area contributed by atoms with Gasteiger partial charge in [-0.1, -0.05) is 19.3 Å². The van der Waals surface area contributed by atoms with Crippen LogP contribution in [0.5, 0.6) is 0 Å². The van der Waals surface area contributed by atoms with Crippen LogP contribution in [0.25, 0.3) is 0 Å². The van der Waals surface area contributed by atoms with Gasteiger partial charge in [-0.15, -0.1) is 0 Å². The van der Waals surface area contributed by atoms with Gasteiger partial charge in [0, 0.05) is 13.1 Å². The maximum absolute atomic E-state index is 11.7. The van der Waals surface area contributed by atoms with Crippen LogP contribution in [0.15, 0.2) is 0 Å². The van der Waals surface area contributed by atoms with Gasteiger partial charge in [-0.05, 0) is 51.4 Å². The van der Waals surface area contributed by atoms with Crippen LogP contribution in [0.3, 0.4) is 0 Å². The van der Waals surface area contributed by atoms with Crippen molar-refractivity contribution in [1.82, 2.24) is 4.90 Å². The molecule has 0 aromatic rings. The van der Waals surface area contributed by atoms with Gasteiger partial charge in [0.2, 0.25) is 6.41 Å². The minimum absolute atomic E-state index is 0.0550. The summed E-state index contributed by atoms with van der Waals surface area (Å²) < 4.78 is 17.7. The van der Waals surface area contributed by atoms with Crippen molar-refractivity contribution in [3.05, 3.63) is 0 Å². The van der Waals surface area contributed by atoms with Crippen molar-refractivity contribution in [2.45, 2.75) is 89.3 Å². The molecule has 0 bridgehead atoms. The second-order valence-electron chi connectivity index (χ2n) is 7.58. The highest BCUT2D eigenvalue weighted by atomic mass is 16.7. The number of likely N-dealkylation sites (tertiary alicyclic amines) is 1. The number of ether oxygens (including phenoxy) is 3. The zero-order chi connectivity index (χ0) is 16.8. The number of methoxy groups -OCH3 is 1. The summed E-state index contributed by atoms with van der Waals surface area (Å²) in [4.78, 5) is 14.0. The molecule has 24 heavy (non-hydrogen) atoms. The molecule has 0 amide bonds. The fourth-order valence-corrected chi connectivity index (χ4v) is 4.29. The van der Waals surface area contributed by atoms with E-state index in [0.29, 0.717) is 6.10 Å². The van der Waals surface area contributed by atoms with Crippen LogP contribution in [-0.4, -0.2) is 49.7 Å². The Bertz CT molecular complexity index is 383. The number of hydrogen-bond acceptors (Lipinski definition) is 5. The summed E-state index contributed by atoms with van der Waals surface area (Å²) in [6, 6.07) is 0. The quantitative estimate of drug-likeness (QED) is 0.548. The third kappa shape index (κ3) is 4.93. The molecule has 0 aromatic heterocycles. The predicted octanol–water partition coefficient (Wildman–Crippen LogP) is 3.46. The van der Waals surface area contributed by atoms with E-state index in [4.69, 9.17) is 14.2 Å². The van der Waals surface area contributed by atoms with E-state index in [-0.39, 0.29) is 24.4 Å². The molecule has 0 aromatic carbocycles. The Kier molecular flexibility index (Phi) is 6.93.